The van der Waals surface area contributed by atoms with Crippen molar-refractivity contribution in [1.82, 2.24) is 9.78 Å². The van der Waals surface area contributed by atoms with Crippen LogP contribution >= 0.6 is 0 Å². The summed E-state index contributed by atoms with van der Waals surface area (Å²) in [5.74, 6) is 0.370. The molecule has 1 rings (SSSR count). The third-order valence-corrected chi connectivity index (χ3v) is 2.43. The molecule has 0 aromatic carbocycles. The van der Waals surface area contributed by atoms with E-state index in [2.05, 4.69) is 18.1 Å². The van der Waals surface area contributed by atoms with Crippen LogP contribution in [0.25, 0.3) is 0 Å². The van der Waals surface area contributed by atoms with Gasteiger partial charge in [-0.05, 0) is 25.3 Å². The smallest absolute Gasteiger partial charge is 0.0596 e. The summed E-state index contributed by atoms with van der Waals surface area (Å²) in [4.78, 5) is 0. The molecule has 0 saturated carbocycles. The van der Waals surface area contributed by atoms with Gasteiger partial charge in [0.2, 0.25) is 0 Å². The second-order valence-corrected chi connectivity index (χ2v) is 3.56. The maximum atomic E-state index is 9.06. The fourth-order valence-corrected chi connectivity index (χ4v) is 1.49. The number of aliphatic hydroxyl groups excluding tert-OH is 1. The molecule has 3 heteroatoms. The molecule has 1 aromatic rings. The first-order valence-electron chi connectivity index (χ1n) is 4.77. The second kappa shape index (κ2) is 4.42. The van der Waals surface area contributed by atoms with Crippen LogP contribution in [0.3, 0.4) is 0 Å². The highest BCUT2D eigenvalue weighted by atomic mass is 16.3. The Morgan fingerprint density at radius 2 is 2.31 bits per heavy atom. The number of hydrogen-bond donors (Lipinski definition) is 1. The van der Waals surface area contributed by atoms with Gasteiger partial charge in [-0.25, -0.2) is 0 Å². The van der Waals surface area contributed by atoms with Gasteiger partial charge in [-0.1, -0.05) is 13.3 Å². The Morgan fingerprint density at radius 3 is 2.69 bits per heavy atom. The van der Waals surface area contributed by atoms with Gasteiger partial charge in [-0.3, -0.25) is 4.68 Å². The highest BCUT2D eigenvalue weighted by Crippen LogP contribution is 2.11. The fraction of sp³-hybridized carbons (Fsp3) is 0.700. The van der Waals surface area contributed by atoms with Crippen molar-refractivity contribution in [3.05, 3.63) is 17.5 Å². The Kier molecular flexibility index (Phi) is 3.48. The van der Waals surface area contributed by atoms with E-state index in [1.54, 1.807) is 0 Å². The van der Waals surface area contributed by atoms with Gasteiger partial charge in [0.1, 0.15) is 0 Å². The monoisotopic (exact) mass is 182 g/mol. The lowest BCUT2D eigenvalue weighted by Gasteiger charge is -2.10. The molecule has 1 aromatic heterocycles. The fourth-order valence-electron chi connectivity index (χ4n) is 1.49. The molecule has 1 heterocycles. The number of hydrogen-bond acceptors (Lipinski definition) is 2. The van der Waals surface area contributed by atoms with E-state index in [1.165, 1.54) is 5.69 Å². The molecule has 0 spiro atoms. The molecule has 1 N–H and O–H groups in total. The van der Waals surface area contributed by atoms with Crippen molar-refractivity contribution >= 4 is 0 Å². The molecule has 0 aliphatic carbocycles. The van der Waals surface area contributed by atoms with Crippen molar-refractivity contribution in [2.75, 3.05) is 6.61 Å². The van der Waals surface area contributed by atoms with E-state index in [0.29, 0.717) is 5.92 Å². The molecular formula is C10H18N2O. The Morgan fingerprint density at radius 1 is 1.62 bits per heavy atom. The quantitative estimate of drug-likeness (QED) is 0.762. The molecular weight excluding hydrogens is 164 g/mol. The molecule has 0 aliphatic heterocycles. The van der Waals surface area contributed by atoms with Crippen LogP contribution in [-0.2, 0) is 13.5 Å². The Hall–Kier alpha value is -0.830. The first-order valence-corrected chi connectivity index (χ1v) is 4.77. The molecule has 0 radical (unpaired) electrons. The molecule has 0 saturated heterocycles. The van der Waals surface area contributed by atoms with Gasteiger partial charge in [-0.15, -0.1) is 0 Å². The summed E-state index contributed by atoms with van der Waals surface area (Å²) < 4.78 is 1.90. The Balaban J connectivity index is 2.67. The molecule has 0 fully saturated rings. The van der Waals surface area contributed by atoms with E-state index >= 15 is 0 Å². The van der Waals surface area contributed by atoms with Gasteiger partial charge in [-0.2, -0.15) is 5.10 Å². The highest BCUT2D eigenvalue weighted by Gasteiger charge is 2.09. The average molecular weight is 182 g/mol. The summed E-state index contributed by atoms with van der Waals surface area (Å²) in [6.07, 6.45) is 1.94. The van der Waals surface area contributed by atoms with Gasteiger partial charge in [0.05, 0.1) is 5.69 Å². The standard InChI is InChI=1S/C10H18N2O/c1-4-9(7-13)6-10-5-8(2)11-12(10)3/h5,9,13H,4,6-7H2,1-3H3. The largest absolute Gasteiger partial charge is 0.396 e. The van der Waals surface area contributed by atoms with Crippen LogP contribution in [0.4, 0.5) is 0 Å². The molecule has 1 unspecified atom stereocenters. The lowest BCUT2D eigenvalue weighted by Crippen LogP contribution is -2.11. The van der Waals surface area contributed by atoms with Crippen molar-refractivity contribution in [3.63, 3.8) is 0 Å². The van der Waals surface area contributed by atoms with Crippen LogP contribution in [-0.4, -0.2) is 21.5 Å². The lowest BCUT2D eigenvalue weighted by atomic mass is 10.0. The molecule has 13 heavy (non-hydrogen) atoms. The third-order valence-electron chi connectivity index (χ3n) is 2.43. The third kappa shape index (κ3) is 2.56. The van der Waals surface area contributed by atoms with Gasteiger partial charge < -0.3 is 5.11 Å². The highest BCUT2D eigenvalue weighted by molar-refractivity contribution is 5.09. The molecule has 74 valence electrons. The Labute approximate surface area is 79.4 Å². The number of aromatic nitrogens is 2. The topological polar surface area (TPSA) is 38.1 Å². The molecule has 0 bridgehead atoms. The van der Waals surface area contributed by atoms with E-state index in [0.717, 1.165) is 18.5 Å². The van der Waals surface area contributed by atoms with Crippen LogP contribution in [0.15, 0.2) is 6.07 Å². The zero-order chi connectivity index (χ0) is 9.84. The number of aryl methyl sites for hydroxylation is 2. The van der Waals surface area contributed by atoms with Crippen LogP contribution in [0.5, 0.6) is 0 Å². The SMILES string of the molecule is CCC(CO)Cc1cc(C)nn1C. The van der Waals surface area contributed by atoms with Crippen molar-refractivity contribution in [2.45, 2.75) is 26.7 Å². The summed E-state index contributed by atoms with van der Waals surface area (Å²) in [6, 6.07) is 2.08. The summed E-state index contributed by atoms with van der Waals surface area (Å²) in [7, 11) is 1.95. The van der Waals surface area contributed by atoms with E-state index in [9.17, 15) is 0 Å². The maximum Gasteiger partial charge on any atom is 0.0596 e. The number of aliphatic hydroxyl groups is 1. The molecule has 0 aliphatic rings. The second-order valence-electron chi connectivity index (χ2n) is 3.56. The van der Waals surface area contributed by atoms with E-state index < -0.39 is 0 Å². The average Bonchev–Trinajstić information content (AvgIpc) is 2.41. The van der Waals surface area contributed by atoms with Gasteiger partial charge in [0.15, 0.2) is 0 Å². The van der Waals surface area contributed by atoms with Gasteiger partial charge in [0, 0.05) is 19.3 Å². The summed E-state index contributed by atoms with van der Waals surface area (Å²) in [5.41, 5.74) is 2.25. The van der Waals surface area contributed by atoms with E-state index in [4.69, 9.17) is 5.11 Å². The summed E-state index contributed by atoms with van der Waals surface area (Å²) in [6.45, 7) is 4.36. The Bertz CT molecular complexity index is 264. The van der Waals surface area contributed by atoms with E-state index in [-0.39, 0.29) is 6.61 Å². The van der Waals surface area contributed by atoms with Gasteiger partial charge in [0.25, 0.3) is 0 Å². The van der Waals surface area contributed by atoms with Crippen LogP contribution < -0.4 is 0 Å². The van der Waals surface area contributed by atoms with Crippen LogP contribution in [0.1, 0.15) is 24.7 Å². The minimum absolute atomic E-state index is 0.265. The predicted molar refractivity (Wildman–Crippen MR) is 52.5 cm³/mol. The molecule has 3 nitrogen and oxygen atoms in total. The lowest BCUT2D eigenvalue weighted by molar-refractivity contribution is 0.220. The first kappa shape index (κ1) is 10.3. The van der Waals surface area contributed by atoms with Crippen molar-refractivity contribution in [1.29, 1.82) is 0 Å². The predicted octanol–water partition coefficient (Wildman–Crippen LogP) is 1.29. The number of rotatable bonds is 4. The first-order chi connectivity index (χ1) is 6.17. The summed E-state index contributed by atoms with van der Waals surface area (Å²) >= 11 is 0. The zero-order valence-corrected chi connectivity index (χ0v) is 8.62. The summed E-state index contributed by atoms with van der Waals surface area (Å²) in [5, 5.41) is 13.3. The number of nitrogens with zero attached hydrogens (tertiary/aromatic N) is 2. The van der Waals surface area contributed by atoms with Crippen LogP contribution in [0, 0.1) is 12.8 Å². The van der Waals surface area contributed by atoms with Crippen molar-refractivity contribution in [3.8, 4) is 0 Å². The molecule has 1 atom stereocenters. The maximum absolute atomic E-state index is 9.06. The molecule has 0 amide bonds. The van der Waals surface area contributed by atoms with Crippen molar-refractivity contribution in [2.24, 2.45) is 13.0 Å². The zero-order valence-electron chi connectivity index (χ0n) is 8.62. The van der Waals surface area contributed by atoms with Gasteiger partial charge >= 0.3 is 0 Å². The van der Waals surface area contributed by atoms with Crippen LogP contribution in [0.2, 0.25) is 0 Å². The minimum atomic E-state index is 0.265. The van der Waals surface area contributed by atoms with E-state index in [1.807, 2.05) is 18.7 Å². The normalized spacial score (nSPS) is 13.2. The van der Waals surface area contributed by atoms with Crippen molar-refractivity contribution < 1.29 is 5.11 Å². The minimum Gasteiger partial charge on any atom is -0.396 e.